The highest BCUT2D eigenvalue weighted by Gasteiger charge is 2.14. The molecule has 4 aromatic rings. The summed E-state index contributed by atoms with van der Waals surface area (Å²) in [6, 6.07) is 25.7. The van der Waals surface area contributed by atoms with Crippen molar-refractivity contribution in [2.75, 3.05) is 6.61 Å². The summed E-state index contributed by atoms with van der Waals surface area (Å²) >= 11 is 6.56. The molecular formula is C28H21ClN2O4. The lowest BCUT2D eigenvalue weighted by atomic mass is 10.0. The van der Waals surface area contributed by atoms with Gasteiger partial charge in [-0.3, -0.25) is 10.1 Å². The molecule has 0 bridgehead atoms. The second-order valence-electron chi connectivity index (χ2n) is 7.71. The Balaban J connectivity index is 1.63. The minimum absolute atomic E-state index is 0.0888. The molecule has 0 spiro atoms. The molecule has 0 radical (unpaired) electrons. The lowest BCUT2D eigenvalue weighted by molar-refractivity contribution is -0.384. The summed E-state index contributed by atoms with van der Waals surface area (Å²) in [5.74, 6) is 0.857. The van der Waals surface area contributed by atoms with E-state index in [0.717, 1.165) is 16.3 Å². The number of allylic oxidation sites excluding steroid dienone is 1. The van der Waals surface area contributed by atoms with Crippen molar-refractivity contribution in [3.05, 3.63) is 111 Å². The van der Waals surface area contributed by atoms with Crippen LogP contribution >= 0.6 is 11.6 Å². The molecule has 0 saturated carbocycles. The molecule has 4 rings (SSSR count). The van der Waals surface area contributed by atoms with Crippen molar-refractivity contribution in [2.45, 2.75) is 13.5 Å². The van der Waals surface area contributed by atoms with E-state index in [4.69, 9.17) is 21.1 Å². The molecule has 6 nitrogen and oxygen atoms in total. The van der Waals surface area contributed by atoms with Gasteiger partial charge in [-0.05, 0) is 58.7 Å². The van der Waals surface area contributed by atoms with Gasteiger partial charge in [0.25, 0.3) is 5.69 Å². The third-order valence-electron chi connectivity index (χ3n) is 5.33. The molecule has 0 atom stereocenters. The van der Waals surface area contributed by atoms with Crippen LogP contribution in [0.15, 0.2) is 78.9 Å². The number of nitro groups is 1. The standard InChI is InChI=1S/C28H21ClN2O4/c1-2-34-27-15-20(13-24(17-30)23-8-5-9-25(16-23)31(32)33)14-26(29)28(27)35-18-19-10-11-21-6-3-4-7-22(21)12-19/h3-16H,2,18H2,1H3/b24-13-. The maximum absolute atomic E-state index is 11.1. The van der Waals surface area contributed by atoms with Crippen molar-refractivity contribution >= 4 is 39.7 Å². The van der Waals surface area contributed by atoms with E-state index in [1.165, 1.54) is 12.1 Å². The van der Waals surface area contributed by atoms with E-state index < -0.39 is 4.92 Å². The number of benzene rings is 4. The minimum Gasteiger partial charge on any atom is -0.490 e. The summed E-state index contributed by atoms with van der Waals surface area (Å²) in [6.07, 6.45) is 1.61. The monoisotopic (exact) mass is 484 g/mol. The molecule has 0 aliphatic carbocycles. The molecule has 174 valence electrons. The van der Waals surface area contributed by atoms with Gasteiger partial charge in [-0.2, -0.15) is 5.26 Å². The van der Waals surface area contributed by atoms with Crippen LogP contribution in [0.25, 0.3) is 22.4 Å². The fourth-order valence-corrected chi connectivity index (χ4v) is 3.97. The maximum atomic E-state index is 11.1. The average Bonchev–Trinajstić information content (AvgIpc) is 2.87. The Morgan fingerprint density at radius 1 is 1.03 bits per heavy atom. The third-order valence-corrected chi connectivity index (χ3v) is 5.61. The molecule has 0 heterocycles. The number of nitriles is 1. The highest BCUT2D eigenvalue weighted by Crippen LogP contribution is 2.38. The van der Waals surface area contributed by atoms with Crippen molar-refractivity contribution in [3.63, 3.8) is 0 Å². The Morgan fingerprint density at radius 3 is 2.57 bits per heavy atom. The first-order valence-electron chi connectivity index (χ1n) is 10.9. The van der Waals surface area contributed by atoms with Crippen LogP contribution in [0.5, 0.6) is 11.5 Å². The largest absolute Gasteiger partial charge is 0.490 e. The van der Waals surface area contributed by atoms with Gasteiger partial charge in [-0.15, -0.1) is 0 Å². The molecule has 0 N–H and O–H groups in total. The van der Waals surface area contributed by atoms with Crippen molar-refractivity contribution < 1.29 is 14.4 Å². The van der Waals surface area contributed by atoms with Gasteiger partial charge >= 0.3 is 0 Å². The second kappa shape index (κ2) is 10.7. The highest BCUT2D eigenvalue weighted by atomic mass is 35.5. The zero-order chi connectivity index (χ0) is 24.8. The molecule has 7 heteroatoms. The molecular weight excluding hydrogens is 464 g/mol. The van der Waals surface area contributed by atoms with Crippen LogP contribution in [0, 0.1) is 21.4 Å². The van der Waals surface area contributed by atoms with Gasteiger partial charge in [0, 0.05) is 12.1 Å². The van der Waals surface area contributed by atoms with E-state index in [9.17, 15) is 15.4 Å². The zero-order valence-electron chi connectivity index (χ0n) is 18.9. The van der Waals surface area contributed by atoms with E-state index in [-0.39, 0.29) is 11.3 Å². The van der Waals surface area contributed by atoms with Crippen LogP contribution in [0.1, 0.15) is 23.6 Å². The summed E-state index contributed by atoms with van der Waals surface area (Å²) in [5.41, 5.74) is 2.21. The van der Waals surface area contributed by atoms with Crippen LogP contribution in [0.2, 0.25) is 5.02 Å². The fraction of sp³-hybridized carbons (Fsp3) is 0.107. The number of rotatable bonds is 8. The van der Waals surface area contributed by atoms with Crippen LogP contribution in [-0.2, 0) is 6.61 Å². The number of non-ortho nitro benzene ring substituents is 1. The Labute approximate surface area is 207 Å². The van der Waals surface area contributed by atoms with Crippen LogP contribution in [0.4, 0.5) is 5.69 Å². The molecule has 0 unspecified atom stereocenters. The lowest BCUT2D eigenvalue weighted by Crippen LogP contribution is -2.01. The third kappa shape index (κ3) is 5.60. The van der Waals surface area contributed by atoms with Crippen molar-refractivity contribution in [1.29, 1.82) is 5.26 Å². The summed E-state index contributed by atoms with van der Waals surface area (Å²) in [6.45, 7) is 2.55. The first kappa shape index (κ1) is 23.8. The van der Waals surface area contributed by atoms with Gasteiger partial charge < -0.3 is 9.47 Å². The average molecular weight is 485 g/mol. The molecule has 0 aliphatic rings. The molecule has 0 aromatic heterocycles. The van der Waals surface area contributed by atoms with Gasteiger partial charge in [0.2, 0.25) is 0 Å². The van der Waals surface area contributed by atoms with E-state index in [2.05, 4.69) is 18.2 Å². The Hall–Kier alpha value is -4.34. The fourth-order valence-electron chi connectivity index (χ4n) is 3.69. The first-order chi connectivity index (χ1) is 17.0. The number of halogens is 1. The van der Waals surface area contributed by atoms with Gasteiger partial charge in [0.05, 0.1) is 28.2 Å². The quantitative estimate of drug-likeness (QED) is 0.112. The molecule has 0 amide bonds. The summed E-state index contributed by atoms with van der Waals surface area (Å²) in [5, 5.41) is 23.4. The zero-order valence-corrected chi connectivity index (χ0v) is 19.7. The molecule has 0 aliphatic heterocycles. The molecule has 0 saturated heterocycles. The van der Waals surface area contributed by atoms with E-state index in [0.29, 0.717) is 40.9 Å². The number of ether oxygens (including phenoxy) is 2. The maximum Gasteiger partial charge on any atom is 0.270 e. The van der Waals surface area contributed by atoms with Gasteiger partial charge in [-0.1, -0.05) is 60.1 Å². The molecule has 4 aromatic carbocycles. The lowest BCUT2D eigenvalue weighted by Gasteiger charge is -2.15. The number of hydrogen-bond acceptors (Lipinski definition) is 5. The van der Waals surface area contributed by atoms with Crippen LogP contribution in [0.3, 0.4) is 0 Å². The number of hydrogen-bond donors (Lipinski definition) is 0. The van der Waals surface area contributed by atoms with Crippen molar-refractivity contribution in [2.24, 2.45) is 0 Å². The predicted molar refractivity (Wildman–Crippen MR) is 137 cm³/mol. The molecule has 35 heavy (non-hydrogen) atoms. The topological polar surface area (TPSA) is 85.4 Å². The minimum atomic E-state index is -0.496. The van der Waals surface area contributed by atoms with Crippen LogP contribution < -0.4 is 9.47 Å². The van der Waals surface area contributed by atoms with Gasteiger partial charge in [0.15, 0.2) is 11.5 Å². The summed E-state index contributed by atoms with van der Waals surface area (Å²) < 4.78 is 11.8. The normalized spacial score (nSPS) is 11.2. The van der Waals surface area contributed by atoms with E-state index in [1.807, 2.05) is 37.3 Å². The van der Waals surface area contributed by atoms with E-state index in [1.54, 1.807) is 30.3 Å². The molecule has 0 fully saturated rings. The Morgan fingerprint density at radius 2 is 1.83 bits per heavy atom. The van der Waals surface area contributed by atoms with Gasteiger partial charge in [0.1, 0.15) is 6.61 Å². The van der Waals surface area contributed by atoms with Crippen LogP contribution in [-0.4, -0.2) is 11.5 Å². The number of nitrogens with zero attached hydrogens (tertiary/aromatic N) is 2. The van der Waals surface area contributed by atoms with Gasteiger partial charge in [-0.25, -0.2) is 0 Å². The first-order valence-corrected chi connectivity index (χ1v) is 11.3. The summed E-state index contributed by atoms with van der Waals surface area (Å²) in [4.78, 5) is 10.6. The predicted octanol–water partition coefficient (Wildman–Crippen LogP) is 7.44. The van der Waals surface area contributed by atoms with E-state index >= 15 is 0 Å². The number of nitro benzene ring substituents is 1. The number of fused-ring (bicyclic) bond motifs is 1. The Bertz CT molecular complexity index is 1470. The van der Waals surface area contributed by atoms with Crippen molar-refractivity contribution in [1.82, 2.24) is 0 Å². The SMILES string of the molecule is CCOc1cc(/C=C(/C#N)c2cccc([N+](=O)[O-])c2)cc(Cl)c1OCc1ccc2ccccc2c1. The smallest absolute Gasteiger partial charge is 0.270 e. The highest BCUT2D eigenvalue weighted by molar-refractivity contribution is 6.32. The Kier molecular flexibility index (Phi) is 7.30. The summed E-state index contributed by atoms with van der Waals surface area (Å²) in [7, 11) is 0. The van der Waals surface area contributed by atoms with Crippen molar-refractivity contribution in [3.8, 4) is 17.6 Å². The second-order valence-corrected chi connectivity index (χ2v) is 8.12.